The van der Waals surface area contributed by atoms with Crippen molar-refractivity contribution in [3.63, 3.8) is 0 Å². The number of nitrogens with two attached hydrogens (primary N) is 1. The predicted octanol–water partition coefficient (Wildman–Crippen LogP) is 0.402. The van der Waals surface area contributed by atoms with E-state index in [1.807, 2.05) is 20.8 Å². The number of carboxylic acid groups (broad SMARTS) is 2. The normalized spacial score (nSPS) is 9.82. The molecular weight excluding hydrogens is 152 g/mol. The number of hydrazine groups is 1. The fraction of sp³-hybridized carbons (Fsp3) is 0.800. The van der Waals surface area contributed by atoms with Crippen LogP contribution in [0.3, 0.4) is 0 Å². The van der Waals surface area contributed by atoms with E-state index in [4.69, 9.17) is 25.7 Å². The van der Waals surface area contributed by atoms with E-state index in [0.29, 0.717) is 0 Å². The smallest absolute Gasteiger partial charge is 0.450 e. The zero-order valence-electron chi connectivity index (χ0n) is 6.79. The van der Waals surface area contributed by atoms with Crippen LogP contribution >= 0.6 is 0 Å². The van der Waals surface area contributed by atoms with Gasteiger partial charge >= 0.3 is 6.16 Å². The van der Waals surface area contributed by atoms with Gasteiger partial charge in [0.25, 0.3) is 0 Å². The Hall–Kier alpha value is -0.850. The Kier molecular flexibility index (Phi) is 6.86. The van der Waals surface area contributed by atoms with Crippen LogP contribution in [0, 0.1) is 0 Å². The molecule has 0 aromatic heterocycles. The Morgan fingerprint density at radius 1 is 1.45 bits per heavy atom. The number of hydrogen-bond acceptors (Lipinski definition) is 4. The summed E-state index contributed by atoms with van der Waals surface area (Å²) >= 11 is 0. The summed E-state index contributed by atoms with van der Waals surface area (Å²) in [5, 5.41) is 13.9. The van der Waals surface area contributed by atoms with Gasteiger partial charge in [0.2, 0.25) is 0 Å². The third-order valence-electron chi connectivity index (χ3n) is 0.365. The van der Waals surface area contributed by atoms with Crippen molar-refractivity contribution in [3.05, 3.63) is 0 Å². The highest BCUT2D eigenvalue weighted by atomic mass is 16.7. The average molecular weight is 166 g/mol. The molecule has 0 aliphatic heterocycles. The number of carbonyl (C=O) groups is 1. The summed E-state index contributed by atoms with van der Waals surface area (Å²) in [6.07, 6.45) is -1.83. The molecule has 6 nitrogen and oxygen atoms in total. The maximum atomic E-state index is 8.56. The quantitative estimate of drug-likeness (QED) is 0.332. The molecule has 0 amide bonds. The molecule has 0 heterocycles. The van der Waals surface area contributed by atoms with Gasteiger partial charge in [0, 0.05) is 0 Å². The highest BCUT2D eigenvalue weighted by molar-refractivity contribution is 5.53. The van der Waals surface area contributed by atoms with Crippen molar-refractivity contribution in [2.24, 2.45) is 5.84 Å². The standard InChI is InChI=1S/C4H12N2O.CH2O3/c1-4(2,3)7-6-5;2-1(3)4/h6H,5H2,1-3H3;(H2,2,3,4). The second-order valence-corrected chi connectivity index (χ2v) is 2.61. The molecule has 0 aromatic carbocycles. The van der Waals surface area contributed by atoms with Crippen LogP contribution < -0.4 is 11.4 Å². The third kappa shape index (κ3) is 47.1. The molecule has 0 saturated heterocycles. The fourth-order valence-corrected chi connectivity index (χ4v) is 0.177. The topological polar surface area (TPSA) is 105 Å². The molecule has 0 aliphatic rings. The first-order valence-electron chi connectivity index (χ1n) is 2.85. The lowest BCUT2D eigenvalue weighted by atomic mass is 10.2. The molecule has 0 bridgehead atoms. The minimum atomic E-state index is -1.83. The molecule has 0 aliphatic carbocycles. The SMILES string of the molecule is CC(C)(C)ONN.O=C(O)O. The van der Waals surface area contributed by atoms with Crippen LogP contribution in [-0.2, 0) is 4.84 Å². The molecule has 0 fully saturated rings. The van der Waals surface area contributed by atoms with Gasteiger partial charge in [0.15, 0.2) is 0 Å². The summed E-state index contributed by atoms with van der Waals surface area (Å²) in [6, 6.07) is 0. The molecule has 5 N–H and O–H groups in total. The van der Waals surface area contributed by atoms with E-state index >= 15 is 0 Å². The molecule has 6 heteroatoms. The molecular formula is C5H14N2O4. The zero-order chi connectivity index (χ0) is 9.49. The second kappa shape index (κ2) is 5.90. The van der Waals surface area contributed by atoms with Gasteiger partial charge in [-0.2, -0.15) is 0 Å². The lowest BCUT2D eigenvalue weighted by Crippen LogP contribution is -2.33. The molecule has 0 radical (unpaired) electrons. The van der Waals surface area contributed by atoms with Gasteiger partial charge < -0.3 is 10.2 Å². The van der Waals surface area contributed by atoms with Crippen LogP contribution in [0.15, 0.2) is 0 Å². The van der Waals surface area contributed by atoms with Crippen LogP contribution in [0.5, 0.6) is 0 Å². The first-order chi connectivity index (χ1) is 4.79. The zero-order valence-corrected chi connectivity index (χ0v) is 6.79. The van der Waals surface area contributed by atoms with Crippen LogP contribution in [0.4, 0.5) is 4.79 Å². The van der Waals surface area contributed by atoms with Crippen molar-refractivity contribution in [3.8, 4) is 0 Å². The van der Waals surface area contributed by atoms with Crippen molar-refractivity contribution in [2.45, 2.75) is 26.4 Å². The molecule has 0 aromatic rings. The Balaban J connectivity index is 0. The predicted molar refractivity (Wildman–Crippen MR) is 38.8 cm³/mol. The van der Waals surface area contributed by atoms with Crippen LogP contribution in [-0.4, -0.2) is 22.0 Å². The maximum absolute atomic E-state index is 8.56. The molecule has 11 heavy (non-hydrogen) atoms. The summed E-state index contributed by atoms with van der Waals surface area (Å²) in [4.78, 5) is 13.3. The molecule has 0 rings (SSSR count). The van der Waals surface area contributed by atoms with E-state index in [1.165, 1.54) is 0 Å². The van der Waals surface area contributed by atoms with Crippen molar-refractivity contribution in [1.82, 2.24) is 5.59 Å². The molecule has 0 spiro atoms. The monoisotopic (exact) mass is 166 g/mol. The van der Waals surface area contributed by atoms with Crippen molar-refractivity contribution < 1.29 is 19.8 Å². The van der Waals surface area contributed by atoms with Crippen LogP contribution in [0.1, 0.15) is 20.8 Å². The molecule has 0 unspecified atom stereocenters. The minimum Gasteiger partial charge on any atom is -0.450 e. The minimum absolute atomic E-state index is 0.186. The first-order valence-corrected chi connectivity index (χ1v) is 2.85. The Bertz CT molecular complexity index is 106. The van der Waals surface area contributed by atoms with Gasteiger partial charge in [-0.05, 0) is 20.8 Å². The number of nitrogens with one attached hydrogen (secondary N) is 1. The molecule has 0 saturated carbocycles. The summed E-state index contributed by atoms with van der Waals surface area (Å²) in [5.74, 6) is 4.84. The summed E-state index contributed by atoms with van der Waals surface area (Å²) < 4.78 is 0. The Morgan fingerprint density at radius 3 is 1.73 bits per heavy atom. The second-order valence-electron chi connectivity index (χ2n) is 2.61. The van der Waals surface area contributed by atoms with E-state index in [0.717, 1.165) is 0 Å². The van der Waals surface area contributed by atoms with Gasteiger partial charge in [-0.25, -0.2) is 10.6 Å². The number of rotatable bonds is 1. The van der Waals surface area contributed by atoms with Gasteiger partial charge in [-0.3, -0.25) is 4.84 Å². The maximum Gasteiger partial charge on any atom is 0.503 e. The van der Waals surface area contributed by atoms with Gasteiger partial charge in [-0.1, -0.05) is 0 Å². The van der Waals surface area contributed by atoms with E-state index in [2.05, 4.69) is 5.59 Å². The summed E-state index contributed by atoms with van der Waals surface area (Å²) in [6.45, 7) is 5.73. The Morgan fingerprint density at radius 2 is 1.73 bits per heavy atom. The fourth-order valence-electron chi connectivity index (χ4n) is 0.177. The van der Waals surface area contributed by atoms with E-state index in [-0.39, 0.29) is 5.60 Å². The van der Waals surface area contributed by atoms with Crippen LogP contribution in [0.2, 0.25) is 0 Å². The largest absolute Gasteiger partial charge is 0.503 e. The van der Waals surface area contributed by atoms with Crippen molar-refractivity contribution in [2.75, 3.05) is 0 Å². The van der Waals surface area contributed by atoms with E-state index in [1.54, 1.807) is 0 Å². The number of hydrogen-bond donors (Lipinski definition) is 4. The lowest BCUT2D eigenvalue weighted by molar-refractivity contribution is -0.0730. The molecule has 0 atom stereocenters. The highest BCUT2D eigenvalue weighted by Gasteiger charge is 2.07. The molecule has 68 valence electrons. The van der Waals surface area contributed by atoms with Gasteiger partial charge in [-0.15, -0.1) is 5.59 Å². The summed E-state index contributed by atoms with van der Waals surface area (Å²) in [5.41, 5.74) is 1.92. The van der Waals surface area contributed by atoms with Crippen LogP contribution in [0.25, 0.3) is 0 Å². The van der Waals surface area contributed by atoms with Gasteiger partial charge in [0.1, 0.15) is 0 Å². The Labute approximate surface area is 64.9 Å². The first kappa shape index (κ1) is 12.8. The average Bonchev–Trinajstić information content (AvgIpc) is 1.58. The van der Waals surface area contributed by atoms with Gasteiger partial charge in [0.05, 0.1) is 5.60 Å². The van der Waals surface area contributed by atoms with E-state index < -0.39 is 6.16 Å². The van der Waals surface area contributed by atoms with Crippen molar-refractivity contribution >= 4 is 6.16 Å². The highest BCUT2D eigenvalue weighted by Crippen LogP contribution is 2.01. The van der Waals surface area contributed by atoms with E-state index in [9.17, 15) is 0 Å². The summed E-state index contributed by atoms with van der Waals surface area (Å²) in [7, 11) is 0. The third-order valence-corrected chi connectivity index (χ3v) is 0.365. The lowest BCUT2D eigenvalue weighted by Gasteiger charge is -2.16. The van der Waals surface area contributed by atoms with Crippen molar-refractivity contribution in [1.29, 1.82) is 0 Å².